The summed E-state index contributed by atoms with van der Waals surface area (Å²) < 4.78 is 28.2. The standard InChI is InChI=1S/C15H22N2O4S/c1-3-13(12-6-4-5-7-14(12)21-2)17-15(18)16-11-8-9-22(19,20)10-11/h4-7,11,13H,3,8-10H2,1-2H3,(H2,16,17,18)/t11-,13-/m1/s1. The van der Waals surface area contributed by atoms with Crippen LogP contribution in [0.5, 0.6) is 5.75 Å². The molecule has 0 aromatic heterocycles. The Morgan fingerprint density at radius 2 is 2.14 bits per heavy atom. The molecule has 2 N–H and O–H groups in total. The summed E-state index contributed by atoms with van der Waals surface area (Å²) in [6.45, 7) is 1.97. The number of hydrogen-bond donors (Lipinski definition) is 2. The molecule has 1 aliphatic heterocycles. The number of sulfone groups is 1. The number of urea groups is 1. The lowest BCUT2D eigenvalue weighted by atomic mass is 10.0. The molecule has 0 saturated carbocycles. The second-order valence-corrected chi connectivity index (χ2v) is 7.65. The van der Waals surface area contributed by atoms with E-state index in [1.54, 1.807) is 7.11 Å². The van der Waals surface area contributed by atoms with Crippen LogP contribution in [-0.4, -0.2) is 39.1 Å². The van der Waals surface area contributed by atoms with Gasteiger partial charge in [-0.2, -0.15) is 0 Å². The van der Waals surface area contributed by atoms with E-state index in [-0.39, 0.29) is 29.6 Å². The van der Waals surface area contributed by atoms with Crippen LogP contribution in [0.25, 0.3) is 0 Å². The lowest BCUT2D eigenvalue weighted by Gasteiger charge is -2.21. The van der Waals surface area contributed by atoms with Crippen LogP contribution in [0.15, 0.2) is 24.3 Å². The molecule has 6 nitrogen and oxygen atoms in total. The average molecular weight is 326 g/mol. The molecule has 1 aromatic rings. The lowest BCUT2D eigenvalue weighted by Crippen LogP contribution is -2.44. The highest BCUT2D eigenvalue weighted by Gasteiger charge is 2.29. The maximum Gasteiger partial charge on any atom is 0.315 e. The molecule has 122 valence electrons. The summed E-state index contributed by atoms with van der Waals surface area (Å²) in [5.41, 5.74) is 0.904. The Kier molecular flexibility index (Phi) is 5.28. The van der Waals surface area contributed by atoms with Gasteiger partial charge in [-0.15, -0.1) is 0 Å². The highest BCUT2D eigenvalue weighted by molar-refractivity contribution is 7.91. The van der Waals surface area contributed by atoms with E-state index < -0.39 is 9.84 Å². The van der Waals surface area contributed by atoms with Crippen molar-refractivity contribution in [2.24, 2.45) is 0 Å². The Morgan fingerprint density at radius 3 is 2.73 bits per heavy atom. The van der Waals surface area contributed by atoms with E-state index in [1.165, 1.54) is 0 Å². The minimum atomic E-state index is -3.00. The first-order chi connectivity index (χ1) is 10.4. The zero-order valence-corrected chi connectivity index (χ0v) is 13.7. The van der Waals surface area contributed by atoms with Crippen LogP contribution < -0.4 is 15.4 Å². The van der Waals surface area contributed by atoms with Gasteiger partial charge in [0.05, 0.1) is 24.7 Å². The Balaban J connectivity index is 1.99. The van der Waals surface area contributed by atoms with Crippen molar-refractivity contribution >= 4 is 15.9 Å². The van der Waals surface area contributed by atoms with E-state index in [2.05, 4.69) is 10.6 Å². The molecule has 2 amide bonds. The van der Waals surface area contributed by atoms with Gasteiger partial charge in [0.15, 0.2) is 9.84 Å². The number of ether oxygens (including phenoxy) is 1. The fraction of sp³-hybridized carbons (Fsp3) is 0.533. The quantitative estimate of drug-likeness (QED) is 0.861. The summed E-state index contributed by atoms with van der Waals surface area (Å²) in [5.74, 6) is 0.881. The average Bonchev–Trinajstić information content (AvgIpc) is 2.83. The van der Waals surface area contributed by atoms with Gasteiger partial charge in [0.2, 0.25) is 0 Å². The van der Waals surface area contributed by atoms with Gasteiger partial charge in [-0.3, -0.25) is 0 Å². The molecule has 1 aromatic carbocycles. The number of carbonyl (C=O) groups is 1. The molecule has 7 heteroatoms. The predicted octanol–water partition coefficient (Wildman–Crippen LogP) is 1.63. The number of rotatable bonds is 5. The van der Waals surface area contributed by atoms with E-state index in [0.717, 1.165) is 11.3 Å². The van der Waals surface area contributed by atoms with Gasteiger partial charge in [-0.1, -0.05) is 25.1 Å². The van der Waals surface area contributed by atoms with Gasteiger partial charge in [-0.25, -0.2) is 13.2 Å². The van der Waals surface area contributed by atoms with Crippen molar-refractivity contribution in [3.05, 3.63) is 29.8 Å². The van der Waals surface area contributed by atoms with Crippen LogP contribution in [0.3, 0.4) is 0 Å². The highest BCUT2D eigenvalue weighted by Crippen LogP contribution is 2.26. The van der Waals surface area contributed by atoms with Crippen molar-refractivity contribution < 1.29 is 17.9 Å². The zero-order chi connectivity index (χ0) is 16.2. The maximum absolute atomic E-state index is 12.1. The summed E-state index contributed by atoms with van der Waals surface area (Å²) in [6, 6.07) is 6.69. The SMILES string of the molecule is CC[C@@H](NC(=O)N[C@@H]1CCS(=O)(=O)C1)c1ccccc1OC. The fourth-order valence-electron chi connectivity index (χ4n) is 2.65. The Bertz CT molecular complexity index is 630. The number of amides is 2. The van der Waals surface area contributed by atoms with Gasteiger partial charge in [0.25, 0.3) is 0 Å². The minimum absolute atomic E-state index is 0.0197. The van der Waals surface area contributed by atoms with Crippen molar-refractivity contribution in [1.82, 2.24) is 10.6 Å². The first kappa shape index (κ1) is 16.6. The van der Waals surface area contributed by atoms with Crippen LogP contribution in [0, 0.1) is 0 Å². The molecule has 1 saturated heterocycles. The third-order valence-electron chi connectivity index (χ3n) is 3.80. The summed E-state index contributed by atoms with van der Waals surface area (Å²) in [7, 11) is -1.41. The zero-order valence-electron chi connectivity index (χ0n) is 12.8. The smallest absolute Gasteiger partial charge is 0.315 e. The van der Waals surface area contributed by atoms with Crippen LogP contribution in [-0.2, 0) is 9.84 Å². The van der Waals surface area contributed by atoms with Gasteiger partial charge < -0.3 is 15.4 Å². The second kappa shape index (κ2) is 7.00. The summed E-state index contributed by atoms with van der Waals surface area (Å²) in [6.07, 6.45) is 1.18. The largest absolute Gasteiger partial charge is 0.496 e. The number of nitrogens with one attached hydrogen (secondary N) is 2. The number of methoxy groups -OCH3 is 1. The maximum atomic E-state index is 12.1. The molecule has 0 unspecified atom stereocenters. The van der Waals surface area contributed by atoms with Crippen molar-refractivity contribution in [3.8, 4) is 5.75 Å². The molecule has 0 spiro atoms. The predicted molar refractivity (Wildman–Crippen MR) is 84.8 cm³/mol. The molecular formula is C15H22N2O4S. The molecule has 22 heavy (non-hydrogen) atoms. The summed E-state index contributed by atoms with van der Waals surface area (Å²) >= 11 is 0. The molecule has 0 radical (unpaired) electrons. The Morgan fingerprint density at radius 1 is 1.41 bits per heavy atom. The van der Waals surface area contributed by atoms with E-state index in [0.29, 0.717) is 12.8 Å². The Labute approximate surface area is 131 Å². The van der Waals surface area contributed by atoms with Crippen LogP contribution in [0.1, 0.15) is 31.4 Å². The molecule has 1 heterocycles. The van der Waals surface area contributed by atoms with Gasteiger partial charge in [0, 0.05) is 11.6 Å². The summed E-state index contributed by atoms with van der Waals surface area (Å²) in [4.78, 5) is 12.1. The van der Waals surface area contributed by atoms with E-state index in [4.69, 9.17) is 4.74 Å². The normalized spacial score (nSPS) is 21.1. The Hall–Kier alpha value is -1.76. The van der Waals surface area contributed by atoms with E-state index in [9.17, 15) is 13.2 Å². The highest BCUT2D eigenvalue weighted by atomic mass is 32.2. The van der Waals surface area contributed by atoms with Gasteiger partial charge >= 0.3 is 6.03 Å². The van der Waals surface area contributed by atoms with Crippen LogP contribution in [0.2, 0.25) is 0 Å². The van der Waals surface area contributed by atoms with Crippen molar-refractivity contribution in [3.63, 3.8) is 0 Å². The molecule has 0 aliphatic carbocycles. The topological polar surface area (TPSA) is 84.5 Å². The minimum Gasteiger partial charge on any atom is -0.496 e. The molecule has 2 rings (SSSR count). The van der Waals surface area contributed by atoms with Crippen LogP contribution >= 0.6 is 0 Å². The number of para-hydroxylation sites is 1. The summed E-state index contributed by atoms with van der Waals surface area (Å²) in [5, 5.41) is 5.62. The first-order valence-corrected chi connectivity index (χ1v) is 9.17. The molecule has 2 atom stereocenters. The van der Waals surface area contributed by atoms with Crippen molar-refractivity contribution in [2.75, 3.05) is 18.6 Å². The molecular weight excluding hydrogens is 304 g/mol. The second-order valence-electron chi connectivity index (χ2n) is 5.42. The van der Waals surface area contributed by atoms with Crippen LogP contribution in [0.4, 0.5) is 4.79 Å². The third-order valence-corrected chi connectivity index (χ3v) is 5.56. The number of benzene rings is 1. The number of carbonyl (C=O) groups excluding carboxylic acids is 1. The molecule has 1 aliphatic rings. The monoisotopic (exact) mass is 326 g/mol. The van der Waals surface area contributed by atoms with Crippen molar-refractivity contribution in [2.45, 2.75) is 31.8 Å². The lowest BCUT2D eigenvalue weighted by molar-refractivity contribution is 0.233. The van der Waals surface area contributed by atoms with E-state index >= 15 is 0 Å². The third kappa shape index (κ3) is 4.13. The van der Waals surface area contributed by atoms with E-state index in [1.807, 2.05) is 31.2 Å². The first-order valence-electron chi connectivity index (χ1n) is 7.35. The van der Waals surface area contributed by atoms with Crippen molar-refractivity contribution in [1.29, 1.82) is 0 Å². The molecule has 1 fully saturated rings. The molecule has 0 bridgehead atoms. The van der Waals surface area contributed by atoms with Gasteiger partial charge in [-0.05, 0) is 18.9 Å². The fourth-order valence-corrected chi connectivity index (χ4v) is 4.32. The van der Waals surface area contributed by atoms with Gasteiger partial charge in [0.1, 0.15) is 5.75 Å². The number of hydrogen-bond acceptors (Lipinski definition) is 4.